The molecule has 0 radical (unpaired) electrons. The van der Waals surface area contributed by atoms with E-state index < -0.39 is 11.9 Å². The largest absolute Gasteiger partial charge is 0.481 e. The van der Waals surface area contributed by atoms with Gasteiger partial charge in [0, 0.05) is 24.2 Å². The van der Waals surface area contributed by atoms with Crippen LogP contribution < -0.4 is 0 Å². The van der Waals surface area contributed by atoms with Crippen molar-refractivity contribution in [2.24, 2.45) is 5.92 Å². The van der Waals surface area contributed by atoms with Gasteiger partial charge in [0.2, 0.25) is 5.91 Å². The highest BCUT2D eigenvalue weighted by atomic mass is 16.4. The van der Waals surface area contributed by atoms with Crippen LogP contribution in [0.3, 0.4) is 0 Å². The lowest BCUT2D eigenvalue weighted by molar-refractivity contribution is -0.150. The molecule has 0 saturated heterocycles. The van der Waals surface area contributed by atoms with Crippen LogP contribution in [0.5, 0.6) is 0 Å². The minimum absolute atomic E-state index is 0.178. The zero-order valence-corrected chi connectivity index (χ0v) is 15.1. The van der Waals surface area contributed by atoms with E-state index >= 15 is 0 Å². The molecule has 1 amide bonds. The lowest BCUT2D eigenvalue weighted by Crippen LogP contribution is -2.40. The fourth-order valence-electron chi connectivity index (χ4n) is 2.66. The van der Waals surface area contributed by atoms with Crippen molar-refractivity contribution >= 4 is 11.9 Å². The van der Waals surface area contributed by atoms with E-state index in [-0.39, 0.29) is 12.3 Å². The highest BCUT2D eigenvalue weighted by Gasteiger charge is 2.29. The van der Waals surface area contributed by atoms with Gasteiger partial charge in [0.15, 0.2) is 0 Å². The van der Waals surface area contributed by atoms with E-state index in [1.165, 1.54) is 0 Å². The minimum atomic E-state index is -1.09. The quantitative estimate of drug-likeness (QED) is 0.644. The Hall–Kier alpha value is -3.06. The average Bonchev–Trinajstić information content (AvgIpc) is 2.66. The molecule has 4 heteroatoms. The van der Waals surface area contributed by atoms with Crippen LogP contribution >= 0.6 is 0 Å². The number of rotatable bonds is 6. The number of carbonyl (C=O) groups is 2. The Bertz CT molecular complexity index is 797. The molecule has 1 atom stereocenters. The second-order valence-corrected chi connectivity index (χ2v) is 5.92. The van der Waals surface area contributed by atoms with E-state index in [0.29, 0.717) is 13.1 Å². The van der Waals surface area contributed by atoms with Gasteiger partial charge in [-0.1, -0.05) is 42.2 Å². The van der Waals surface area contributed by atoms with Crippen molar-refractivity contribution in [1.29, 1.82) is 0 Å². The predicted octanol–water partition coefficient (Wildman–Crippen LogP) is 3.20. The lowest BCUT2D eigenvalue weighted by atomic mass is 9.97. The summed E-state index contributed by atoms with van der Waals surface area (Å²) in [5, 5.41) is 9.44. The standard InChI is InChI=1S/C22H23NO3/c1-3-23(4-2)21(24)20(22(25)26)16-19-14-12-18(13-15-19)11-10-17-8-6-5-7-9-17/h5-9,12-15,20H,3-4,16H2,1-2H3,(H,25,26). The summed E-state index contributed by atoms with van der Waals surface area (Å²) in [7, 11) is 0. The number of nitrogens with zero attached hydrogens (tertiary/aromatic N) is 1. The van der Waals surface area contributed by atoms with Gasteiger partial charge in [-0.3, -0.25) is 9.59 Å². The maximum absolute atomic E-state index is 12.4. The van der Waals surface area contributed by atoms with Gasteiger partial charge in [0.05, 0.1) is 0 Å². The number of hydrogen-bond acceptors (Lipinski definition) is 2. The number of aliphatic carboxylic acids is 1. The van der Waals surface area contributed by atoms with Gasteiger partial charge in [-0.2, -0.15) is 0 Å². The molecule has 2 aromatic carbocycles. The molecule has 1 N–H and O–H groups in total. The summed E-state index contributed by atoms with van der Waals surface area (Å²) in [6.45, 7) is 4.71. The third-order valence-electron chi connectivity index (χ3n) is 4.19. The smallest absolute Gasteiger partial charge is 0.316 e. The molecular weight excluding hydrogens is 326 g/mol. The first kappa shape index (κ1) is 19.3. The summed E-state index contributed by atoms with van der Waals surface area (Å²) in [5.74, 6) is 3.68. The minimum Gasteiger partial charge on any atom is -0.481 e. The van der Waals surface area contributed by atoms with Crippen molar-refractivity contribution in [3.8, 4) is 11.8 Å². The molecule has 2 rings (SSSR count). The molecule has 0 spiro atoms. The number of amides is 1. The molecule has 0 heterocycles. The Morgan fingerprint density at radius 1 is 0.923 bits per heavy atom. The van der Waals surface area contributed by atoms with Gasteiger partial charge >= 0.3 is 5.97 Å². The number of carboxylic acids is 1. The molecule has 0 fully saturated rings. The van der Waals surface area contributed by atoms with E-state index in [1.54, 1.807) is 4.90 Å². The fourth-order valence-corrected chi connectivity index (χ4v) is 2.66. The molecule has 0 aliphatic heterocycles. The van der Waals surface area contributed by atoms with Crippen LogP contribution in [0.4, 0.5) is 0 Å². The number of hydrogen-bond donors (Lipinski definition) is 1. The van der Waals surface area contributed by atoms with Crippen molar-refractivity contribution in [2.45, 2.75) is 20.3 Å². The molecule has 0 aromatic heterocycles. The van der Waals surface area contributed by atoms with Gasteiger partial charge in [-0.05, 0) is 50.1 Å². The van der Waals surface area contributed by atoms with Gasteiger partial charge < -0.3 is 10.0 Å². The molecular formula is C22H23NO3. The topological polar surface area (TPSA) is 57.6 Å². The van der Waals surface area contributed by atoms with Crippen molar-refractivity contribution in [3.63, 3.8) is 0 Å². The first-order valence-corrected chi connectivity index (χ1v) is 8.72. The average molecular weight is 349 g/mol. The highest BCUT2D eigenvalue weighted by Crippen LogP contribution is 2.14. The van der Waals surface area contributed by atoms with E-state index in [0.717, 1.165) is 16.7 Å². The monoisotopic (exact) mass is 349 g/mol. The maximum Gasteiger partial charge on any atom is 0.316 e. The number of carboxylic acid groups (broad SMARTS) is 1. The second-order valence-electron chi connectivity index (χ2n) is 5.92. The van der Waals surface area contributed by atoms with Crippen molar-refractivity contribution in [3.05, 3.63) is 71.3 Å². The Balaban J connectivity index is 2.10. The fraction of sp³-hybridized carbons (Fsp3) is 0.273. The molecule has 134 valence electrons. The Kier molecular flexibility index (Phi) is 6.99. The normalized spacial score (nSPS) is 11.2. The molecule has 26 heavy (non-hydrogen) atoms. The summed E-state index contributed by atoms with van der Waals surface area (Å²) < 4.78 is 0. The lowest BCUT2D eigenvalue weighted by Gasteiger charge is -2.22. The maximum atomic E-state index is 12.4. The third kappa shape index (κ3) is 5.22. The van der Waals surface area contributed by atoms with E-state index in [1.807, 2.05) is 68.4 Å². The zero-order chi connectivity index (χ0) is 18.9. The SMILES string of the molecule is CCN(CC)C(=O)C(Cc1ccc(C#Cc2ccccc2)cc1)C(=O)O. The van der Waals surface area contributed by atoms with Crippen LogP contribution in [-0.2, 0) is 16.0 Å². The van der Waals surface area contributed by atoms with Crippen molar-refractivity contribution in [2.75, 3.05) is 13.1 Å². The zero-order valence-electron chi connectivity index (χ0n) is 15.1. The summed E-state index contributed by atoms with van der Waals surface area (Å²) in [6, 6.07) is 17.1. The molecule has 0 saturated carbocycles. The molecule has 0 bridgehead atoms. The van der Waals surface area contributed by atoms with Crippen LogP contribution in [-0.4, -0.2) is 35.0 Å². The first-order valence-electron chi connectivity index (χ1n) is 8.72. The van der Waals surface area contributed by atoms with Gasteiger partial charge in [-0.15, -0.1) is 0 Å². The molecule has 0 aliphatic rings. The molecule has 1 unspecified atom stereocenters. The van der Waals surface area contributed by atoms with Crippen molar-refractivity contribution in [1.82, 2.24) is 4.90 Å². The summed E-state index contributed by atoms with van der Waals surface area (Å²) in [4.78, 5) is 25.5. The highest BCUT2D eigenvalue weighted by molar-refractivity contribution is 5.97. The van der Waals surface area contributed by atoms with E-state index in [2.05, 4.69) is 11.8 Å². The van der Waals surface area contributed by atoms with Crippen LogP contribution in [0, 0.1) is 17.8 Å². The summed E-state index contributed by atoms with van der Waals surface area (Å²) >= 11 is 0. The summed E-state index contributed by atoms with van der Waals surface area (Å²) in [5.41, 5.74) is 2.59. The molecule has 0 aliphatic carbocycles. The van der Waals surface area contributed by atoms with Crippen molar-refractivity contribution < 1.29 is 14.7 Å². The summed E-state index contributed by atoms with van der Waals surface area (Å²) in [6.07, 6.45) is 0.178. The van der Waals surface area contributed by atoms with E-state index in [9.17, 15) is 14.7 Å². The van der Waals surface area contributed by atoms with Gasteiger partial charge in [0.1, 0.15) is 5.92 Å². The van der Waals surface area contributed by atoms with Gasteiger partial charge in [-0.25, -0.2) is 0 Å². The second kappa shape index (κ2) is 9.43. The molecule has 4 nitrogen and oxygen atoms in total. The Labute approximate surface area is 154 Å². The predicted molar refractivity (Wildman–Crippen MR) is 102 cm³/mol. The number of benzene rings is 2. The van der Waals surface area contributed by atoms with Crippen LogP contribution in [0.25, 0.3) is 0 Å². The van der Waals surface area contributed by atoms with Crippen LogP contribution in [0.15, 0.2) is 54.6 Å². The third-order valence-corrected chi connectivity index (χ3v) is 4.19. The van der Waals surface area contributed by atoms with Crippen LogP contribution in [0.2, 0.25) is 0 Å². The van der Waals surface area contributed by atoms with Gasteiger partial charge in [0.25, 0.3) is 0 Å². The van der Waals surface area contributed by atoms with E-state index in [4.69, 9.17) is 0 Å². The number of carbonyl (C=O) groups excluding carboxylic acids is 1. The molecule has 2 aromatic rings. The Morgan fingerprint density at radius 3 is 1.96 bits per heavy atom. The van der Waals surface area contributed by atoms with Crippen LogP contribution in [0.1, 0.15) is 30.5 Å². The Morgan fingerprint density at radius 2 is 1.46 bits per heavy atom. The first-order chi connectivity index (χ1) is 12.5.